The Balaban J connectivity index is 1.43. The van der Waals surface area contributed by atoms with Crippen molar-refractivity contribution in [1.82, 2.24) is 4.90 Å². The lowest BCUT2D eigenvalue weighted by atomic mass is 9.51. The quantitative estimate of drug-likeness (QED) is 0.305. The third-order valence-electron chi connectivity index (χ3n) is 10.0. The van der Waals surface area contributed by atoms with Crippen molar-refractivity contribution >= 4 is 57.8 Å². The van der Waals surface area contributed by atoms with Crippen molar-refractivity contribution in [3.05, 3.63) is 82.6 Å². The SMILES string of the molecule is COC(=O)N1C(=O)[C@H]2[C@H](CC=C3[C@H]2C[C@H]2C(=O)N(c4ccc(F)c(Cl)c4)C(=O)[C@@]2(C)[C@H]3c2ccc3ccccc3c2O)C1=O. The number of allylic oxidation sites excluding steroid dienone is 2. The molecule has 2 saturated heterocycles. The molecule has 1 saturated carbocycles. The Kier molecular flexibility index (Phi) is 6.23. The number of imide groups is 4. The van der Waals surface area contributed by atoms with Crippen molar-refractivity contribution in [2.24, 2.45) is 29.1 Å². The van der Waals surface area contributed by atoms with Gasteiger partial charge in [-0.25, -0.2) is 14.1 Å². The van der Waals surface area contributed by atoms with Crippen LogP contribution >= 0.6 is 11.6 Å². The summed E-state index contributed by atoms with van der Waals surface area (Å²) >= 11 is 6.04. The summed E-state index contributed by atoms with van der Waals surface area (Å²) in [6, 6.07) is 14.3. The normalized spacial score (nSPS) is 29.5. The average Bonchev–Trinajstić information content (AvgIpc) is 3.38. The molecule has 4 aliphatic rings. The van der Waals surface area contributed by atoms with Gasteiger partial charge in [-0.05, 0) is 49.3 Å². The number of rotatable bonds is 2. The Labute approximate surface area is 255 Å². The number of carbonyl (C=O) groups excluding carboxylic acids is 5. The molecular weight excluding hydrogens is 591 g/mol. The standard InChI is InChI=1S/C33H26ClFN2O7/c1-33-22(29(40)36(31(33)42)16-8-12-24(35)23(34)13-16)14-21-18(10-11-19-25(21)30(41)37(28(19)39)32(43)44-2)26(33)20-9-7-15-5-3-4-6-17(15)27(20)38/h3-10,12-13,19,21-22,25-26,38H,11,14H2,1-2H3/t19-,21+,22-,25-,26+,33+/m0/s1. The molecule has 2 heterocycles. The molecule has 5 amide bonds. The second-order valence-electron chi connectivity index (χ2n) is 12.0. The molecule has 0 unspecified atom stereocenters. The maximum Gasteiger partial charge on any atom is 0.423 e. The Morgan fingerprint density at radius 1 is 1.02 bits per heavy atom. The van der Waals surface area contributed by atoms with E-state index in [9.17, 15) is 33.5 Å². The summed E-state index contributed by atoms with van der Waals surface area (Å²) in [5.41, 5.74) is -0.293. The van der Waals surface area contributed by atoms with Crippen LogP contribution in [0.3, 0.4) is 0 Å². The van der Waals surface area contributed by atoms with E-state index in [1.54, 1.807) is 25.1 Å². The van der Waals surface area contributed by atoms with Crippen LogP contribution in [0, 0.1) is 34.9 Å². The van der Waals surface area contributed by atoms with E-state index in [1.807, 2.05) is 24.3 Å². The molecule has 44 heavy (non-hydrogen) atoms. The van der Waals surface area contributed by atoms with Crippen LogP contribution in [0.1, 0.15) is 31.2 Å². The first-order chi connectivity index (χ1) is 21.0. The van der Waals surface area contributed by atoms with Gasteiger partial charge in [-0.15, -0.1) is 0 Å². The summed E-state index contributed by atoms with van der Waals surface area (Å²) in [7, 11) is 1.08. The first kappa shape index (κ1) is 28.2. The number of nitrogens with zero attached hydrogens (tertiary/aromatic N) is 2. The van der Waals surface area contributed by atoms with Crippen LogP contribution in [-0.2, 0) is 23.9 Å². The van der Waals surface area contributed by atoms with Gasteiger partial charge in [0.15, 0.2) is 0 Å². The number of halogens is 2. The first-order valence-electron chi connectivity index (χ1n) is 14.2. The third-order valence-corrected chi connectivity index (χ3v) is 10.3. The van der Waals surface area contributed by atoms with E-state index in [0.717, 1.165) is 23.5 Å². The van der Waals surface area contributed by atoms with Crippen LogP contribution in [0.5, 0.6) is 5.75 Å². The summed E-state index contributed by atoms with van der Waals surface area (Å²) in [6.45, 7) is 1.67. The van der Waals surface area contributed by atoms with Gasteiger partial charge in [-0.2, -0.15) is 4.90 Å². The lowest BCUT2D eigenvalue weighted by Crippen LogP contribution is -2.49. The fraction of sp³-hybridized carbons (Fsp3) is 0.303. The maximum atomic E-state index is 14.5. The predicted octanol–water partition coefficient (Wildman–Crippen LogP) is 5.34. The van der Waals surface area contributed by atoms with Crippen molar-refractivity contribution in [2.45, 2.75) is 25.7 Å². The number of phenols is 1. The number of aromatic hydroxyl groups is 1. The number of fused-ring (bicyclic) bond motifs is 5. The molecule has 6 atom stereocenters. The highest BCUT2D eigenvalue weighted by molar-refractivity contribution is 6.31. The monoisotopic (exact) mass is 616 g/mol. The molecule has 2 aliphatic carbocycles. The van der Waals surface area contributed by atoms with Gasteiger partial charge in [-0.3, -0.25) is 19.2 Å². The molecule has 3 aromatic carbocycles. The fourth-order valence-corrected chi connectivity index (χ4v) is 8.18. The molecule has 9 nitrogen and oxygen atoms in total. The minimum Gasteiger partial charge on any atom is -0.507 e. The molecule has 11 heteroatoms. The number of methoxy groups -OCH3 is 1. The predicted molar refractivity (Wildman–Crippen MR) is 156 cm³/mol. The van der Waals surface area contributed by atoms with E-state index in [1.165, 1.54) is 12.1 Å². The highest BCUT2D eigenvalue weighted by Gasteiger charge is 2.68. The van der Waals surface area contributed by atoms with Gasteiger partial charge in [0.05, 0.1) is 41.0 Å². The molecule has 7 rings (SSSR count). The van der Waals surface area contributed by atoms with Crippen molar-refractivity contribution in [3.63, 3.8) is 0 Å². The lowest BCUT2D eigenvalue weighted by molar-refractivity contribution is -0.138. The van der Waals surface area contributed by atoms with E-state index < -0.39 is 70.5 Å². The van der Waals surface area contributed by atoms with Crippen LogP contribution in [0.25, 0.3) is 10.8 Å². The van der Waals surface area contributed by atoms with Gasteiger partial charge in [0, 0.05) is 16.9 Å². The highest BCUT2D eigenvalue weighted by Crippen LogP contribution is 2.64. The number of likely N-dealkylation sites (tertiary alicyclic amines) is 1. The smallest absolute Gasteiger partial charge is 0.423 e. The topological polar surface area (TPSA) is 121 Å². The Morgan fingerprint density at radius 2 is 1.77 bits per heavy atom. The molecule has 3 aromatic rings. The largest absolute Gasteiger partial charge is 0.507 e. The summed E-state index contributed by atoms with van der Waals surface area (Å²) in [4.78, 5) is 69.6. The molecule has 0 bridgehead atoms. The van der Waals surface area contributed by atoms with Gasteiger partial charge in [-0.1, -0.05) is 59.6 Å². The summed E-state index contributed by atoms with van der Waals surface area (Å²) < 4.78 is 18.8. The van der Waals surface area contributed by atoms with Crippen LogP contribution in [0.15, 0.2) is 66.2 Å². The molecule has 2 aliphatic heterocycles. The number of ether oxygens (including phenoxy) is 1. The number of carbonyl (C=O) groups is 5. The van der Waals surface area contributed by atoms with E-state index in [0.29, 0.717) is 21.4 Å². The van der Waals surface area contributed by atoms with Crippen LogP contribution in [0.2, 0.25) is 5.02 Å². The van der Waals surface area contributed by atoms with Crippen molar-refractivity contribution in [2.75, 3.05) is 12.0 Å². The van der Waals surface area contributed by atoms with Gasteiger partial charge >= 0.3 is 6.09 Å². The Morgan fingerprint density at radius 3 is 2.50 bits per heavy atom. The minimum atomic E-state index is -1.43. The zero-order chi connectivity index (χ0) is 31.2. The summed E-state index contributed by atoms with van der Waals surface area (Å²) in [5, 5.41) is 12.7. The van der Waals surface area contributed by atoms with E-state index >= 15 is 0 Å². The van der Waals surface area contributed by atoms with E-state index in [2.05, 4.69) is 0 Å². The maximum absolute atomic E-state index is 14.5. The van der Waals surface area contributed by atoms with Crippen molar-refractivity contribution < 1.29 is 38.2 Å². The number of anilines is 1. The second kappa shape index (κ2) is 9.72. The zero-order valence-electron chi connectivity index (χ0n) is 23.6. The van der Waals surface area contributed by atoms with E-state index in [-0.39, 0.29) is 29.3 Å². The molecule has 0 spiro atoms. The first-order valence-corrected chi connectivity index (χ1v) is 14.6. The molecule has 0 radical (unpaired) electrons. The molecule has 224 valence electrons. The lowest BCUT2D eigenvalue weighted by Gasteiger charge is -2.49. The van der Waals surface area contributed by atoms with Gasteiger partial charge in [0.25, 0.3) is 0 Å². The zero-order valence-corrected chi connectivity index (χ0v) is 24.4. The summed E-state index contributed by atoms with van der Waals surface area (Å²) in [6.07, 6.45) is 0.901. The number of phenolic OH excluding ortho intramolecular Hbond substituents is 1. The molecule has 0 aromatic heterocycles. The Hall–Kier alpha value is -4.57. The number of hydrogen-bond donors (Lipinski definition) is 1. The van der Waals surface area contributed by atoms with Gasteiger partial charge in [0.2, 0.25) is 23.6 Å². The number of hydrogen-bond acceptors (Lipinski definition) is 7. The highest BCUT2D eigenvalue weighted by atomic mass is 35.5. The number of benzene rings is 3. The van der Waals surface area contributed by atoms with Gasteiger partial charge < -0.3 is 9.84 Å². The van der Waals surface area contributed by atoms with Crippen LogP contribution in [0.4, 0.5) is 14.9 Å². The Bertz CT molecular complexity index is 1870. The molecule has 3 fully saturated rings. The third kappa shape index (κ3) is 3.60. The average molecular weight is 617 g/mol. The second-order valence-corrected chi connectivity index (χ2v) is 12.4. The van der Waals surface area contributed by atoms with Crippen molar-refractivity contribution in [1.29, 1.82) is 0 Å². The molecule has 1 N–H and O–H groups in total. The molecular formula is C33H26ClFN2O7. The van der Waals surface area contributed by atoms with Crippen LogP contribution < -0.4 is 4.90 Å². The number of amides is 5. The minimum absolute atomic E-state index is 0.0401. The van der Waals surface area contributed by atoms with Crippen LogP contribution in [-0.4, -0.2) is 46.8 Å². The van der Waals surface area contributed by atoms with Gasteiger partial charge in [0.1, 0.15) is 11.6 Å². The summed E-state index contributed by atoms with van der Waals surface area (Å²) in [5.74, 6) is -7.63. The van der Waals surface area contributed by atoms with Crippen molar-refractivity contribution in [3.8, 4) is 5.75 Å². The van der Waals surface area contributed by atoms with E-state index in [4.69, 9.17) is 16.3 Å². The fourth-order valence-electron chi connectivity index (χ4n) is 8.01.